The van der Waals surface area contributed by atoms with Crippen LogP contribution in [0, 0.1) is 13.8 Å². The fourth-order valence-electron chi connectivity index (χ4n) is 2.69. The summed E-state index contributed by atoms with van der Waals surface area (Å²) in [5, 5.41) is 0. The summed E-state index contributed by atoms with van der Waals surface area (Å²) < 4.78 is 2.11. The van der Waals surface area contributed by atoms with E-state index in [2.05, 4.69) is 48.9 Å². The van der Waals surface area contributed by atoms with E-state index in [1.807, 2.05) is 24.3 Å². The number of hydrogen-bond acceptors (Lipinski definition) is 2. The lowest BCUT2D eigenvalue weighted by molar-refractivity contribution is 1.09. The predicted molar refractivity (Wildman–Crippen MR) is 85.8 cm³/mol. The Labute approximate surface area is 122 Å². The van der Waals surface area contributed by atoms with Gasteiger partial charge in [-0.3, -0.25) is 4.57 Å². The third-order valence-electron chi connectivity index (χ3n) is 3.76. The molecular weight excluding hydrogens is 258 g/mol. The van der Waals surface area contributed by atoms with Gasteiger partial charge in [0.1, 0.15) is 5.52 Å². The zero-order valence-corrected chi connectivity index (χ0v) is 12.0. The number of aryl methyl sites for hydroxylation is 2. The number of fused-ring (bicyclic) bond motifs is 2. The van der Waals surface area contributed by atoms with Crippen molar-refractivity contribution in [3.63, 3.8) is 0 Å². The molecule has 4 rings (SSSR count). The molecule has 0 aliphatic rings. The van der Waals surface area contributed by atoms with Crippen molar-refractivity contribution in [1.29, 1.82) is 0 Å². The molecule has 0 bridgehead atoms. The number of para-hydroxylation sites is 1. The predicted octanol–water partition coefficient (Wildman–Crippen LogP) is 4.19. The molecule has 2 aromatic heterocycles. The van der Waals surface area contributed by atoms with Crippen LogP contribution in [0.2, 0.25) is 0 Å². The Morgan fingerprint density at radius 2 is 1.67 bits per heavy atom. The summed E-state index contributed by atoms with van der Waals surface area (Å²) in [5.74, 6) is 0. The summed E-state index contributed by atoms with van der Waals surface area (Å²) in [5.41, 5.74) is 7.22. The molecule has 0 atom stereocenters. The van der Waals surface area contributed by atoms with Crippen molar-refractivity contribution < 1.29 is 0 Å². The molecule has 21 heavy (non-hydrogen) atoms. The number of rotatable bonds is 1. The van der Waals surface area contributed by atoms with Crippen LogP contribution in [0.5, 0.6) is 0 Å². The Kier molecular flexibility index (Phi) is 2.54. The molecule has 0 saturated heterocycles. The molecule has 0 fully saturated rings. The van der Waals surface area contributed by atoms with Crippen LogP contribution in [0.4, 0.5) is 0 Å². The topological polar surface area (TPSA) is 30.7 Å². The molecule has 2 aromatic carbocycles. The molecule has 3 heteroatoms. The summed E-state index contributed by atoms with van der Waals surface area (Å²) in [6.07, 6.45) is 2.10. The van der Waals surface area contributed by atoms with Gasteiger partial charge in [-0.2, -0.15) is 0 Å². The zero-order chi connectivity index (χ0) is 14.4. The maximum absolute atomic E-state index is 4.84. The van der Waals surface area contributed by atoms with Gasteiger partial charge in [0.2, 0.25) is 0 Å². The van der Waals surface area contributed by atoms with Crippen molar-refractivity contribution in [1.82, 2.24) is 14.5 Å². The molecule has 0 unspecified atom stereocenters. The molecule has 2 heterocycles. The highest BCUT2D eigenvalue weighted by molar-refractivity contribution is 5.88. The minimum atomic E-state index is 0.914. The van der Waals surface area contributed by atoms with E-state index in [-0.39, 0.29) is 0 Å². The monoisotopic (exact) mass is 273 g/mol. The minimum Gasteiger partial charge on any atom is -0.300 e. The van der Waals surface area contributed by atoms with Crippen molar-refractivity contribution in [2.75, 3.05) is 0 Å². The summed E-state index contributed by atoms with van der Waals surface area (Å²) in [7, 11) is 0. The summed E-state index contributed by atoms with van der Waals surface area (Å²) in [4.78, 5) is 9.62. The van der Waals surface area contributed by atoms with Crippen LogP contribution in [-0.4, -0.2) is 14.5 Å². The van der Waals surface area contributed by atoms with Crippen LogP contribution in [0.3, 0.4) is 0 Å². The van der Waals surface area contributed by atoms with Gasteiger partial charge in [0, 0.05) is 11.9 Å². The lowest BCUT2D eigenvalue weighted by atomic mass is 10.2. The van der Waals surface area contributed by atoms with E-state index in [0.717, 1.165) is 33.4 Å². The van der Waals surface area contributed by atoms with Gasteiger partial charge < -0.3 is 0 Å². The number of benzene rings is 2. The molecule has 0 aliphatic heterocycles. The lowest BCUT2D eigenvalue weighted by Gasteiger charge is -2.05. The summed E-state index contributed by atoms with van der Waals surface area (Å²) >= 11 is 0. The molecule has 3 nitrogen and oxygen atoms in total. The molecule has 0 radical (unpaired) electrons. The van der Waals surface area contributed by atoms with E-state index in [4.69, 9.17) is 9.97 Å². The van der Waals surface area contributed by atoms with Gasteiger partial charge >= 0.3 is 0 Å². The van der Waals surface area contributed by atoms with Crippen molar-refractivity contribution in [2.24, 2.45) is 0 Å². The molecule has 4 aromatic rings. The van der Waals surface area contributed by atoms with Crippen LogP contribution in [0.1, 0.15) is 11.1 Å². The first-order valence-corrected chi connectivity index (χ1v) is 7.04. The van der Waals surface area contributed by atoms with Gasteiger partial charge in [-0.25, -0.2) is 9.97 Å². The first-order valence-electron chi connectivity index (χ1n) is 7.04. The van der Waals surface area contributed by atoms with Gasteiger partial charge in [-0.05, 0) is 49.2 Å². The minimum absolute atomic E-state index is 0.914. The number of aromatic nitrogens is 3. The van der Waals surface area contributed by atoms with Gasteiger partial charge in [0.05, 0.1) is 11.0 Å². The molecular formula is C18H15N3. The maximum atomic E-state index is 4.84. The molecule has 0 amide bonds. The third-order valence-corrected chi connectivity index (χ3v) is 3.76. The normalized spacial score (nSPS) is 11.3. The second-order valence-electron chi connectivity index (χ2n) is 5.41. The number of nitrogens with zero attached hydrogens (tertiary/aromatic N) is 3. The first kappa shape index (κ1) is 12.1. The van der Waals surface area contributed by atoms with E-state index in [1.54, 1.807) is 0 Å². The smallest absolute Gasteiger partial charge is 0.164 e. The molecule has 102 valence electrons. The average Bonchev–Trinajstić information content (AvgIpc) is 2.82. The second-order valence-corrected chi connectivity index (χ2v) is 5.41. The van der Waals surface area contributed by atoms with Crippen molar-refractivity contribution in [3.05, 3.63) is 65.9 Å². The van der Waals surface area contributed by atoms with Gasteiger partial charge in [0.15, 0.2) is 5.65 Å². The Bertz CT molecular complexity index is 952. The Hall–Kier alpha value is -2.68. The fourth-order valence-corrected chi connectivity index (χ4v) is 2.69. The highest BCUT2D eigenvalue weighted by atomic mass is 15.1. The molecule has 0 aliphatic carbocycles. The first-order chi connectivity index (χ1) is 10.2. The van der Waals surface area contributed by atoms with Crippen LogP contribution in [0.25, 0.3) is 27.9 Å². The maximum Gasteiger partial charge on any atom is 0.164 e. The van der Waals surface area contributed by atoms with Crippen LogP contribution < -0.4 is 0 Å². The lowest BCUT2D eigenvalue weighted by Crippen LogP contribution is -1.95. The van der Waals surface area contributed by atoms with E-state index in [1.165, 1.54) is 5.56 Å². The standard InChI is InChI=1S/C18H15N3/c1-12-8-9-15-16(10-12)20-18-17(19-15)13(2)11-21(18)14-6-4-3-5-7-14/h3-11H,1-2H3. The Balaban J connectivity index is 2.09. The highest BCUT2D eigenvalue weighted by Crippen LogP contribution is 2.24. The quantitative estimate of drug-likeness (QED) is 0.520. The van der Waals surface area contributed by atoms with Crippen molar-refractivity contribution in [2.45, 2.75) is 13.8 Å². The molecule has 0 N–H and O–H groups in total. The summed E-state index contributed by atoms with van der Waals surface area (Å²) in [6, 6.07) is 16.5. The Morgan fingerprint density at radius 1 is 0.857 bits per heavy atom. The largest absolute Gasteiger partial charge is 0.300 e. The van der Waals surface area contributed by atoms with Crippen LogP contribution >= 0.6 is 0 Å². The molecule has 0 saturated carbocycles. The Morgan fingerprint density at radius 3 is 2.48 bits per heavy atom. The van der Waals surface area contributed by atoms with Gasteiger partial charge in [-0.15, -0.1) is 0 Å². The van der Waals surface area contributed by atoms with Gasteiger partial charge in [0.25, 0.3) is 0 Å². The number of hydrogen-bond donors (Lipinski definition) is 0. The summed E-state index contributed by atoms with van der Waals surface area (Å²) in [6.45, 7) is 4.16. The SMILES string of the molecule is Cc1ccc2nc3c(C)cn(-c4ccccc4)c3nc2c1. The second kappa shape index (κ2) is 4.42. The van der Waals surface area contributed by atoms with E-state index >= 15 is 0 Å². The van der Waals surface area contributed by atoms with E-state index in [0.29, 0.717) is 0 Å². The third kappa shape index (κ3) is 1.89. The fraction of sp³-hybridized carbons (Fsp3) is 0.111. The van der Waals surface area contributed by atoms with E-state index in [9.17, 15) is 0 Å². The van der Waals surface area contributed by atoms with Gasteiger partial charge in [-0.1, -0.05) is 24.3 Å². The van der Waals surface area contributed by atoms with Crippen molar-refractivity contribution >= 4 is 22.2 Å². The van der Waals surface area contributed by atoms with Crippen LogP contribution in [0.15, 0.2) is 54.7 Å². The highest BCUT2D eigenvalue weighted by Gasteiger charge is 2.11. The average molecular weight is 273 g/mol. The zero-order valence-electron chi connectivity index (χ0n) is 12.0. The molecule has 0 spiro atoms. The van der Waals surface area contributed by atoms with Crippen molar-refractivity contribution in [3.8, 4) is 5.69 Å². The van der Waals surface area contributed by atoms with E-state index < -0.39 is 0 Å². The van der Waals surface area contributed by atoms with Crippen LogP contribution in [-0.2, 0) is 0 Å².